The third-order valence-corrected chi connectivity index (χ3v) is 4.24. The molecular formula is C9H19O5P. The van der Waals surface area contributed by atoms with E-state index >= 15 is 0 Å². The molecule has 0 saturated carbocycles. The van der Waals surface area contributed by atoms with E-state index in [-0.39, 0.29) is 24.2 Å². The van der Waals surface area contributed by atoms with Crippen molar-refractivity contribution in [2.45, 2.75) is 39.1 Å². The van der Waals surface area contributed by atoms with Crippen molar-refractivity contribution in [2.75, 3.05) is 14.2 Å². The van der Waals surface area contributed by atoms with Crippen LogP contribution < -0.4 is 0 Å². The van der Waals surface area contributed by atoms with Crippen LogP contribution in [0, 0.1) is 5.92 Å². The number of phosphoric ester groups is 1. The van der Waals surface area contributed by atoms with E-state index in [1.54, 1.807) is 0 Å². The molecule has 0 aromatic carbocycles. The van der Waals surface area contributed by atoms with E-state index in [0.717, 1.165) is 0 Å². The highest BCUT2D eigenvalue weighted by atomic mass is 31.2. The van der Waals surface area contributed by atoms with Gasteiger partial charge in [0.1, 0.15) is 6.10 Å². The first-order valence-corrected chi connectivity index (χ1v) is 6.45. The van der Waals surface area contributed by atoms with Gasteiger partial charge in [-0.05, 0) is 13.8 Å². The van der Waals surface area contributed by atoms with Crippen LogP contribution in [0.4, 0.5) is 0 Å². The molecule has 0 aromatic rings. The van der Waals surface area contributed by atoms with Crippen LogP contribution >= 0.6 is 7.82 Å². The fourth-order valence-corrected chi connectivity index (χ4v) is 2.71. The van der Waals surface area contributed by atoms with Crippen LogP contribution in [0.1, 0.15) is 20.8 Å². The zero-order valence-corrected chi connectivity index (χ0v) is 10.7. The normalized spacial score (nSPS) is 37.1. The lowest BCUT2D eigenvalue weighted by Gasteiger charge is -2.22. The number of hydrogen-bond donors (Lipinski definition) is 0. The first-order valence-electron chi connectivity index (χ1n) is 4.99. The summed E-state index contributed by atoms with van der Waals surface area (Å²) < 4.78 is 32.2. The first-order chi connectivity index (χ1) is 6.93. The Morgan fingerprint density at radius 2 is 1.60 bits per heavy atom. The molecule has 1 aliphatic rings. The van der Waals surface area contributed by atoms with Crippen LogP contribution in [0.25, 0.3) is 0 Å². The van der Waals surface area contributed by atoms with Crippen LogP contribution in [0.5, 0.6) is 0 Å². The standard InChI is InChI=1S/C9H19O5P/c1-6-7(2)13-8(3)9(6)14-15(10,11-4)12-5/h6-9H,1-5H3. The molecule has 0 N–H and O–H groups in total. The zero-order valence-electron chi connectivity index (χ0n) is 9.80. The van der Waals surface area contributed by atoms with Crippen molar-refractivity contribution in [2.24, 2.45) is 5.92 Å². The van der Waals surface area contributed by atoms with Gasteiger partial charge in [0, 0.05) is 20.1 Å². The quantitative estimate of drug-likeness (QED) is 0.703. The molecule has 1 saturated heterocycles. The Kier molecular flexibility index (Phi) is 4.32. The van der Waals surface area contributed by atoms with E-state index in [2.05, 4.69) is 0 Å². The maximum Gasteiger partial charge on any atom is 0.474 e. The Morgan fingerprint density at radius 1 is 1.07 bits per heavy atom. The highest BCUT2D eigenvalue weighted by Gasteiger charge is 2.42. The summed E-state index contributed by atoms with van der Waals surface area (Å²) in [7, 11) is -0.803. The predicted octanol–water partition coefficient (Wildman–Crippen LogP) is 2.22. The molecule has 90 valence electrons. The van der Waals surface area contributed by atoms with Gasteiger partial charge in [-0.15, -0.1) is 0 Å². The predicted molar refractivity (Wildman–Crippen MR) is 55.7 cm³/mol. The van der Waals surface area contributed by atoms with Crippen LogP contribution in [-0.2, 0) is 22.9 Å². The van der Waals surface area contributed by atoms with Gasteiger partial charge in [0.2, 0.25) is 0 Å². The van der Waals surface area contributed by atoms with Crippen LogP contribution in [0.3, 0.4) is 0 Å². The summed E-state index contributed by atoms with van der Waals surface area (Å²) in [6.07, 6.45) is -0.272. The molecule has 5 nitrogen and oxygen atoms in total. The minimum atomic E-state index is -3.41. The Labute approximate surface area is 90.7 Å². The van der Waals surface area contributed by atoms with E-state index in [9.17, 15) is 4.57 Å². The van der Waals surface area contributed by atoms with Gasteiger partial charge in [-0.1, -0.05) is 6.92 Å². The van der Waals surface area contributed by atoms with E-state index in [1.165, 1.54) is 14.2 Å². The Balaban J connectivity index is 2.69. The summed E-state index contributed by atoms with van der Waals surface area (Å²) >= 11 is 0. The fraction of sp³-hybridized carbons (Fsp3) is 1.00. The fourth-order valence-electron chi connectivity index (χ4n) is 1.73. The largest absolute Gasteiger partial charge is 0.474 e. The van der Waals surface area contributed by atoms with Gasteiger partial charge in [0.25, 0.3) is 0 Å². The van der Waals surface area contributed by atoms with Crippen molar-refractivity contribution in [3.05, 3.63) is 0 Å². The third kappa shape index (κ3) is 2.80. The molecule has 0 bridgehead atoms. The van der Waals surface area contributed by atoms with Crippen molar-refractivity contribution in [3.8, 4) is 0 Å². The molecular weight excluding hydrogens is 219 g/mol. The van der Waals surface area contributed by atoms with E-state index < -0.39 is 7.82 Å². The zero-order chi connectivity index (χ0) is 11.6. The SMILES string of the molecule is COP(=O)(OC)OC1C(C)OC(C)C1C. The monoisotopic (exact) mass is 238 g/mol. The highest BCUT2D eigenvalue weighted by Crippen LogP contribution is 2.51. The molecule has 0 radical (unpaired) electrons. The van der Waals surface area contributed by atoms with Gasteiger partial charge in [-0.3, -0.25) is 13.6 Å². The highest BCUT2D eigenvalue weighted by molar-refractivity contribution is 7.48. The van der Waals surface area contributed by atoms with Gasteiger partial charge < -0.3 is 4.74 Å². The summed E-state index contributed by atoms with van der Waals surface area (Å²) in [5.74, 6) is 0.165. The topological polar surface area (TPSA) is 54.0 Å². The van der Waals surface area contributed by atoms with Crippen molar-refractivity contribution in [1.29, 1.82) is 0 Å². The van der Waals surface area contributed by atoms with Gasteiger partial charge in [-0.25, -0.2) is 4.57 Å². The maximum absolute atomic E-state index is 11.8. The van der Waals surface area contributed by atoms with Crippen LogP contribution in [0.2, 0.25) is 0 Å². The summed E-state index contributed by atoms with van der Waals surface area (Å²) in [5.41, 5.74) is 0. The number of hydrogen-bond acceptors (Lipinski definition) is 5. The van der Waals surface area contributed by atoms with Crippen molar-refractivity contribution < 1.29 is 22.9 Å². The van der Waals surface area contributed by atoms with E-state index in [0.29, 0.717) is 0 Å². The van der Waals surface area contributed by atoms with Gasteiger partial charge >= 0.3 is 7.82 Å². The minimum Gasteiger partial charge on any atom is -0.372 e. The van der Waals surface area contributed by atoms with Crippen molar-refractivity contribution >= 4 is 7.82 Å². The molecule has 1 aliphatic heterocycles. The summed E-state index contributed by atoms with van der Waals surface area (Å²) in [4.78, 5) is 0. The molecule has 1 fully saturated rings. The second-order valence-corrected chi connectivity index (χ2v) is 5.62. The number of phosphoric acid groups is 1. The Morgan fingerprint density at radius 3 is 1.93 bits per heavy atom. The second kappa shape index (κ2) is 4.93. The van der Waals surface area contributed by atoms with E-state index in [1.807, 2.05) is 20.8 Å². The number of rotatable bonds is 4. The molecule has 1 rings (SSSR count). The third-order valence-electron chi connectivity index (χ3n) is 2.85. The molecule has 4 atom stereocenters. The molecule has 4 unspecified atom stereocenters. The maximum atomic E-state index is 11.8. The molecule has 0 aliphatic carbocycles. The molecule has 0 spiro atoms. The van der Waals surface area contributed by atoms with Crippen LogP contribution in [0.15, 0.2) is 0 Å². The lowest BCUT2D eigenvalue weighted by Crippen LogP contribution is -2.26. The first kappa shape index (κ1) is 13.1. The summed E-state index contributed by atoms with van der Waals surface area (Å²) in [6, 6.07) is 0. The van der Waals surface area contributed by atoms with E-state index in [4.69, 9.17) is 18.3 Å². The molecule has 0 aromatic heterocycles. The van der Waals surface area contributed by atoms with Crippen LogP contribution in [-0.4, -0.2) is 32.5 Å². The number of ether oxygens (including phenoxy) is 1. The second-order valence-electron chi connectivity index (χ2n) is 3.79. The lowest BCUT2D eigenvalue weighted by atomic mass is 10.0. The average Bonchev–Trinajstić information content (AvgIpc) is 2.45. The molecule has 6 heteroatoms. The van der Waals surface area contributed by atoms with Crippen molar-refractivity contribution in [1.82, 2.24) is 0 Å². The van der Waals surface area contributed by atoms with Gasteiger partial charge in [0.05, 0.1) is 12.2 Å². The summed E-state index contributed by atoms with van der Waals surface area (Å²) in [6.45, 7) is 5.85. The summed E-state index contributed by atoms with van der Waals surface area (Å²) in [5, 5.41) is 0. The minimum absolute atomic E-state index is 0.0900. The average molecular weight is 238 g/mol. The Bertz CT molecular complexity index is 249. The van der Waals surface area contributed by atoms with Gasteiger partial charge in [-0.2, -0.15) is 0 Å². The van der Waals surface area contributed by atoms with Gasteiger partial charge in [0.15, 0.2) is 0 Å². The molecule has 15 heavy (non-hydrogen) atoms. The Hall–Kier alpha value is 0.0700. The van der Waals surface area contributed by atoms with Crippen molar-refractivity contribution in [3.63, 3.8) is 0 Å². The molecule has 0 amide bonds. The molecule has 1 heterocycles. The lowest BCUT2D eigenvalue weighted by molar-refractivity contribution is 0.0220. The smallest absolute Gasteiger partial charge is 0.372 e.